The Morgan fingerprint density at radius 1 is 1.44 bits per heavy atom. The average molecular weight is 219 g/mol. The molecule has 0 saturated heterocycles. The van der Waals surface area contributed by atoms with E-state index in [0.29, 0.717) is 12.2 Å². The van der Waals surface area contributed by atoms with E-state index < -0.39 is 12.1 Å². The second kappa shape index (κ2) is 4.37. The zero-order chi connectivity index (χ0) is 11.5. The van der Waals surface area contributed by atoms with Gasteiger partial charge in [-0.1, -0.05) is 6.07 Å². The lowest BCUT2D eigenvalue weighted by Crippen LogP contribution is -2.16. The van der Waals surface area contributed by atoms with Gasteiger partial charge in [0.15, 0.2) is 6.10 Å². The highest BCUT2D eigenvalue weighted by Gasteiger charge is 2.22. The minimum atomic E-state index is -0.962. The standard InChI is InChI=1S/C12H13NO3/c1-2-16-11(12(14)15)9-5-3-7-13-8-4-6-10(9)13/h3-8,11H,2H2,1H3,(H,14,15). The van der Waals surface area contributed by atoms with Crippen LogP contribution in [0.5, 0.6) is 0 Å². The van der Waals surface area contributed by atoms with E-state index in [1.54, 1.807) is 13.0 Å². The number of rotatable bonds is 4. The number of hydrogen-bond donors (Lipinski definition) is 1. The molecule has 1 atom stereocenters. The first kappa shape index (κ1) is 10.7. The van der Waals surface area contributed by atoms with Crippen molar-refractivity contribution in [3.05, 3.63) is 42.2 Å². The van der Waals surface area contributed by atoms with Crippen LogP contribution in [0.3, 0.4) is 0 Å². The molecule has 1 N–H and O–H groups in total. The fourth-order valence-electron chi connectivity index (χ4n) is 1.78. The SMILES string of the molecule is CCOC(C(=O)O)c1cccn2cccc12. The molecule has 0 spiro atoms. The summed E-state index contributed by atoms with van der Waals surface area (Å²) >= 11 is 0. The zero-order valence-corrected chi connectivity index (χ0v) is 8.96. The molecule has 0 saturated carbocycles. The maximum Gasteiger partial charge on any atom is 0.337 e. The van der Waals surface area contributed by atoms with Crippen LogP contribution in [0.15, 0.2) is 36.7 Å². The number of nitrogens with zero attached hydrogens (tertiary/aromatic N) is 1. The number of aromatic nitrogens is 1. The van der Waals surface area contributed by atoms with Gasteiger partial charge in [0, 0.05) is 24.6 Å². The summed E-state index contributed by atoms with van der Waals surface area (Å²) in [6.07, 6.45) is 2.86. The third-order valence-electron chi connectivity index (χ3n) is 2.44. The van der Waals surface area contributed by atoms with Crippen molar-refractivity contribution < 1.29 is 14.6 Å². The maximum absolute atomic E-state index is 11.1. The van der Waals surface area contributed by atoms with E-state index in [2.05, 4.69) is 0 Å². The first-order valence-electron chi connectivity index (χ1n) is 5.14. The lowest BCUT2D eigenvalue weighted by molar-refractivity contribution is -0.150. The summed E-state index contributed by atoms with van der Waals surface area (Å²) < 4.78 is 7.13. The number of pyridine rings is 1. The lowest BCUT2D eigenvalue weighted by atomic mass is 10.1. The molecule has 0 aliphatic heterocycles. The van der Waals surface area contributed by atoms with Crippen molar-refractivity contribution >= 4 is 11.5 Å². The van der Waals surface area contributed by atoms with Crippen molar-refractivity contribution in [2.75, 3.05) is 6.61 Å². The Morgan fingerprint density at radius 3 is 2.75 bits per heavy atom. The number of carbonyl (C=O) groups is 1. The van der Waals surface area contributed by atoms with Crippen LogP contribution in [0, 0.1) is 0 Å². The molecule has 0 radical (unpaired) electrons. The molecule has 4 heteroatoms. The summed E-state index contributed by atoms with van der Waals surface area (Å²) in [5.74, 6) is -0.962. The van der Waals surface area contributed by atoms with Gasteiger partial charge >= 0.3 is 5.97 Å². The Morgan fingerprint density at radius 2 is 2.12 bits per heavy atom. The Balaban J connectivity index is 2.51. The molecule has 4 nitrogen and oxygen atoms in total. The number of carboxylic acid groups (broad SMARTS) is 1. The van der Waals surface area contributed by atoms with E-state index in [0.717, 1.165) is 5.52 Å². The highest BCUT2D eigenvalue weighted by molar-refractivity contribution is 5.78. The molecule has 1 unspecified atom stereocenters. The van der Waals surface area contributed by atoms with Crippen molar-refractivity contribution in [2.45, 2.75) is 13.0 Å². The van der Waals surface area contributed by atoms with Crippen LogP contribution in [-0.4, -0.2) is 22.1 Å². The predicted octanol–water partition coefficient (Wildman–Crippen LogP) is 2.10. The Labute approximate surface area is 93.1 Å². The monoisotopic (exact) mass is 219 g/mol. The topological polar surface area (TPSA) is 50.9 Å². The molecule has 2 rings (SSSR count). The van der Waals surface area contributed by atoms with Crippen LogP contribution in [0.2, 0.25) is 0 Å². The molecule has 0 amide bonds. The molecule has 84 valence electrons. The molecule has 0 fully saturated rings. The second-order valence-corrected chi connectivity index (χ2v) is 3.44. The van der Waals surface area contributed by atoms with Gasteiger partial charge in [0.25, 0.3) is 0 Å². The quantitative estimate of drug-likeness (QED) is 0.856. The number of carboxylic acids is 1. The van der Waals surface area contributed by atoms with Crippen molar-refractivity contribution in [1.82, 2.24) is 4.40 Å². The van der Waals surface area contributed by atoms with Gasteiger partial charge in [-0.15, -0.1) is 0 Å². The second-order valence-electron chi connectivity index (χ2n) is 3.44. The summed E-state index contributed by atoms with van der Waals surface area (Å²) in [5, 5.41) is 9.12. The van der Waals surface area contributed by atoms with Gasteiger partial charge < -0.3 is 14.2 Å². The fraction of sp³-hybridized carbons (Fsp3) is 0.250. The van der Waals surface area contributed by atoms with Crippen molar-refractivity contribution in [3.63, 3.8) is 0 Å². The van der Waals surface area contributed by atoms with E-state index in [4.69, 9.17) is 9.84 Å². The van der Waals surface area contributed by atoms with E-state index in [1.165, 1.54) is 0 Å². The van der Waals surface area contributed by atoms with Gasteiger partial charge in [0.05, 0.1) is 5.52 Å². The minimum Gasteiger partial charge on any atom is -0.479 e. The molecule has 16 heavy (non-hydrogen) atoms. The molecule has 2 aromatic rings. The van der Waals surface area contributed by atoms with Crippen LogP contribution in [0.1, 0.15) is 18.6 Å². The largest absolute Gasteiger partial charge is 0.479 e. The molecular weight excluding hydrogens is 206 g/mol. The third-order valence-corrected chi connectivity index (χ3v) is 2.44. The molecule has 0 aliphatic carbocycles. The smallest absolute Gasteiger partial charge is 0.337 e. The number of ether oxygens (including phenoxy) is 1. The summed E-state index contributed by atoms with van der Waals surface area (Å²) in [6, 6.07) is 7.36. The van der Waals surface area contributed by atoms with Crippen molar-refractivity contribution in [2.24, 2.45) is 0 Å². The van der Waals surface area contributed by atoms with Crippen LogP contribution in [0.25, 0.3) is 5.52 Å². The first-order chi connectivity index (χ1) is 7.74. The van der Waals surface area contributed by atoms with E-state index in [9.17, 15) is 4.79 Å². The molecule has 0 bridgehead atoms. The summed E-state index contributed by atoms with van der Waals surface area (Å²) in [6.45, 7) is 2.16. The first-order valence-corrected chi connectivity index (χ1v) is 5.14. The molecule has 2 heterocycles. The Kier molecular flexibility index (Phi) is 2.92. The lowest BCUT2D eigenvalue weighted by Gasteiger charge is -2.14. The summed E-state index contributed by atoms with van der Waals surface area (Å²) in [4.78, 5) is 11.1. The van der Waals surface area contributed by atoms with Crippen LogP contribution < -0.4 is 0 Å². The number of fused-ring (bicyclic) bond motifs is 1. The predicted molar refractivity (Wildman–Crippen MR) is 59.4 cm³/mol. The summed E-state index contributed by atoms with van der Waals surface area (Å²) in [5.41, 5.74) is 1.55. The van der Waals surface area contributed by atoms with Crippen LogP contribution in [-0.2, 0) is 9.53 Å². The highest BCUT2D eigenvalue weighted by atomic mass is 16.5. The molecule has 0 aliphatic rings. The van der Waals surface area contributed by atoms with Crippen LogP contribution >= 0.6 is 0 Å². The van der Waals surface area contributed by atoms with E-state index in [-0.39, 0.29) is 0 Å². The fourth-order valence-corrected chi connectivity index (χ4v) is 1.78. The van der Waals surface area contributed by atoms with E-state index in [1.807, 2.05) is 35.0 Å². The highest BCUT2D eigenvalue weighted by Crippen LogP contribution is 2.23. The summed E-state index contributed by atoms with van der Waals surface area (Å²) in [7, 11) is 0. The number of aliphatic carboxylic acids is 1. The molecule has 2 aromatic heterocycles. The van der Waals surface area contributed by atoms with Gasteiger partial charge in [-0.05, 0) is 25.1 Å². The molecule has 0 aromatic carbocycles. The van der Waals surface area contributed by atoms with Gasteiger partial charge in [-0.25, -0.2) is 4.79 Å². The van der Waals surface area contributed by atoms with Crippen molar-refractivity contribution in [1.29, 1.82) is 0 Å². The normalized spacial score (nSPS) is 12.8. The third kappa shape index (κ3) is 1.79. The van der Waals surface area contributed by atoms with Crippen molar-refractivity contribution in [3.8, 4) is 0 Å². The number of hydrogen-bond acceptors (Lipinski definition) is 2. The molecular formula is C12H13NO3. The Hall–Kier alpha value is -1.81. The van der Waals surface area contributed by atoms with Gasteiger partial charge in [-0.3, -0.25) is 0 Å². The van der Waals surface area contributed by atoms with E-state index >= 15 is 0 Å². The average Bonchev–Trinajstić information content (AvgIpc) is 2.73. The van der Waals surface area contributed by atoms with Gasteiger partial charge in [0.1, 0.15) is 0 Å². The van der Waals surface area contributed by atoms with Gasteiger partial charge in [-0.2, -0.15) is 0 Å². The maximum atomic E-state index is 11.1. The van der Waals surface area contributed by atoms with Crippen LogP contribution in [0.4, 0.5) is 0 Å². The van der Waals surface area contributed by atoms with Gasteiger partial charge in [0.2, 0.25) is 0 Å². The Bertz CT molecular complexity index is 504. The zero-order valence-electron chi connectivity index (χ0n) is 8.96. The minimum absolute atomic E-state index is 0.374.